The van der Waals surface area contributed by atoms with Crippen LogP contribution in [0.15, 0.2) is 65.8 Å². The van der Waals surface area contributed by atoms with Crippen LogP contribution in [-0.2, 0) is 16.4 Å². The van der Waals surface area contributed by atoms with Crippen LogP contribution in [0, 0.1) is 11.3 Å². The number of fused-ring (bicyclic) bond motifs is 1. The highest BCUT2D eigenvalue weighted by molar-refractivity contribution is 7.92. The first-order valence-electron chi connectivity index (χ1n) is 8.69. The van der Waals surface area contributed by atoms with E-state index < -0.39 is 10.0 Å². The zero-order valence-electron chi connectivity index (χ0n) is 15.2. The highest BCUT2D eigenvalue weighted by Gasteiger charge is 2.32. The van der Waals surface area contributed by atoms with Crippen molar-refractivity contribution in [2.75, 3.05) is 18.0 Å². The van der Waals surface area contributed by atoms with Crippen molar-refractivity contribution in [3.63, 3.8) is 0 Å². The van der Waals surface area contributed by atoms with E-state index in [0.29, 0.717) is 30.0 Å². The number of hydrogen-bond acceptors (Lipinski definition) is 5. The second-order valence-corrected chi connectivity index (χ2v) is 8.24. The molecule has 0 amide bonds. The van der Waals surface area contributed by atoms with E-state index in [9.17, 15) is 8.42 Å². The van der Waals surface area contributed by atoms with Gasteiger partial charge in [-0.05, 0) is 41.8 Å². The molecule has 0 spiro atoms. The van der Waals surface area contributed by atoms with Gasteiger partial charge >= 0.3 is 0 Å². The molecule has 0 radical (unpaired) electrons. The van der Waals surface area contributed by atoms with Crippen LogP contribution in [0.1, 0.15) is 11.1 Å². The molecule has 0 unspecified atom stereocenters. The van der Waals surface area contributed by atoms with E-state index in [1.165, 1.54) is 17.5 Å². The van der Waals surface area contributed by atoms with Crippen LogP contribution in [0.5, 0.6) is 5.75 Å². The summed E-state index contributed by atoms with van der Waals surface area (Å²) < 4.78 is 33.0. The number of rotatable bonds is 4. The Kier molecular flexibility index (Phi) is 4.49. The standard InChI is InChI=1S/C21H17N3O3S/c1-27-17-3-2-4-18(11-17)28(25,26)24-10-9-19-20(13-23-14-21(19)24)16-7-5-15(12-22)6-8-16/h2-8,11,13-14H,9-10H2,1H3. The van der Waals surface area contributed by atoms with Gasteiger partial charge in [-0.15, -0.1) is 0 Å². The Hall–Kier alpha value is -3.37. The molecule has 6 nitrogen and oxygen atoms in total. The Bertz CT molecular complexity index is 1180. The second-order valence-electron chi connectivity index (χ2n) is 6.38. The topological polar surface area (TPSA) is 83.3 Å². The van der Waals surface area contributed by atoms with Crippen molar-refractivity contribution in [3.8, 4) is 22.9 Å². The maximum Gasteiger partial charge on any atom is 0.264 e. The lowest BCUT2D eigenvalue weighted by atomic mass is 9.99. The number of hydrogen-bond donors (Lipinski definition) is 0. The number of pyridine rings is 1. The van der Waals surface area contributed by atoms with Gasteiger partial charge in [-0.25, -0.2) is 8.42 Å². The SMILES string of the molecule is COc1cccc(S(=O)(=O)N2CCc3c(-c4ccc(C#N)cc4)cncc32)c1. The predicted molar refractivity (Wildman–Crippen MR) is 106 cm³/mol. The lowest BCUT2D eigenvalue weighted by molar-refractivity contribution is 0.413. The minimum Gasteiger partial charge on any atom is -0.497 e. The van der Waals surface area contributed by atoms with Crippen LogP contribution in [0.25, 0.3) is 11.1 Å². The lowest BCUT2D eigenvalue weighted by Gasteiger charge is -2.20. The monoisotopic (exact) mass is 391 g/mol. The van der Waals surface area contributed by atoms with Crippen LogP contribution in [0.2, 0.25) is 0 Å². The largest absolute Gasteiger partial charge is 0.497 e. The molecule has 1 aromatic heterocycles. The summed E-state index contributed by atoms with van der Waals surface area (Å²) in [5, 5.41) is 8.98. The summed E-state index contributed by atoms with van der Waals surface area (Å²) in [4.78, 5) is 4.45. The Morgan fingerprint density at radius 2 is 1.93 bits per heavy atom. The molecule has 2 aromatic carbocycles. The fraction of sp³-hybridized carbons (Fsp3) is 0.143. The summed E-state index contributed by atoms with van der Waals surface area (Å²) in [7, 11) is -2.22. The molecule has 0 bridgehead atoms. The number of anilines is 1. The van der Waals surface area contributed by atoms with Gasteiger partial charge in [0, 0.05) is 24.4 Å². The normalized spacial score (nSPS) is 13.1. The third kappa shape index (κ3) is 2.98. The third-order valence-corrected chi connectivity index (χ3v) is 6.63. The minimum absolute atomic E-state index is 0.184. The average Bonchev–Trinajstić information content (AvgIpc) is 3.19. The van der Waals surface area contributed by atoms with Crippen molar-refractivity contribution < 1.29 is 13.2 Å². The average molecular weight is 391 g/mol. The first kappa shape index (κ1) is 18.0. The number of sulfonamides is 1. The minimum atomic E-state index is -3.72. The zero-order valence-corrected chi connectivity index (χ0v) is 16.0. The number of methoxy groups -OCH3 is 1. The molecule has 4 rings (SSSR count). The predicted octanol–water partition coefficient (Wildman–Crippen LogP) is 3.38. The summed E-state index contributed by atoms with van der Waals surface area (Å²) in [6.07, 6.45) is 3.92. The van der Waals surface area contributed by atoms with E-state index in [1.807, 2.05) is 12.1 Å². The molecule has 140 valence electrons. The molecule has 7 heteroatoms. The molecule has 28 heavy (non-hydrogen) atoms. The van der Waals surface area contributed by atoms with Crippen molar-refractivity contribution in [1.82, 2.24) is 4.98 Å². The van der Waals surface area contributed by atoms with Crippen molar-refractivity contribution in [3.05, 3.63) is 72.1 Å². The first-order valence-corrected chi connectivity index (χ1v) is 10.1. The van der Waals surface area contributed by atoms with Gasteiger partial charge in [-0.1, -0.05) is 18.2 Å². The van der Waals surface area contributed by atoms with Gasteiger partial charge in [0.15, 0.2) is 0 Å². The zero-order chi connectivity index (χ0) is 19.7. The maximum atomic E-state index is 13.2. The summed E-state index contributed by atoms with van der Waals surface area (Å²) in [5.41, 5.74) is 3.89. The number of nitriles is 1. The van der Waals surface area contributed by atoms with E-state index in [0.717, 1.165) is 16.7 Å². The Morgan fingerprint density at radius 1 is 1.14 bits per heavy atom. The van der Waals surface area contributed by atoms with Crippen LogP contribution < -0.4 is 9.04 Å². The lowest BCUT2D eigenvalue weighted by Crippen LogP contribution is -2.29. The molecular formula is C21H17N3O3S. The Morgan fingerprint density at radius 3 is 2.64 bits per heavy atom. The summed E-state index contributed by atoms with van der Waals surface area (Å²) >= 11 is 0. The van der Waals surface area contributed by atoms with Crippen LogP contribution in [0.4, 0.5) is 5.69 Å². The molecule has 0 atom stereocenters. The van der Waals surface area contributed by atoms with Gasteiger partial charge < -0.3 is 4.74 Å². The summed E-state index contributed by atoms with van der Waals surface area (Å²) in [6.45, 7) is 0.351. The van der Waals surface area contributed by atoms with Gasteiger partial charge in [0.25, 0.3) is 10.0 Å². The smallest absolute Gasteiger partial charge is 0.264 e. The van der Waals surface area contributed by atoms with Crippen molar-refractivity contribution in [2.45, 2.75) is 11.3 Å². The number of benzene rings is 2. The summed E-state index contributed by atoms with van der Waals surface area (Å²) in [5.74, 6) is 0.491. The second kappa shape index (κ2) is 6.98. The molecule has 2 heterocycles. The third-order valence-electron chi connectivity index (χ3n) is 4.82. The highest BCUT2D eigenvalue weighted by atomic mass is 32.2. The van der Waals surface area contributed by atoms with E-state index in [-0.39, 0.29) is 4.90 Å². The number of ether oxygens (including phenoxy) is 1. The number of nitrogens with zero attached hydrogens (tertiary/aromatic N) is 3. The molecule has 3 aromatic rings. The molecule has 1 aliphatic heterocycles. The van der Waals surface area contributed by atoms with Gasteiger partial charge in [0.1, 0.15) is 5.75 Å². The van der Waals surface area contributed by atoms with Crippen molar-refractivity contribution >= 4 is 15.7 Å². The van der Waals surface area contributed by atoms with E-state index in [2.05, 4.69) is 11.1 Å². The molecule has 0 fully saturated rings. The molecule has 0 N–H and O–H groups in total. The fourth-order valence-corrected chi connectivity index (χ4v) is 4.92. The van der Waals surface area contributed by atoms with Gasteiger partial charge in [-0.2, -0.15) is 5.26 Å². The molecular weight excluding hydrogens is 374 g/mol. The van der Waals surface area contributed by atoms with Gasteiger partial charge in [0.2, 0.25) is 0 Å². The molecule has 0 saturated heterocycles. The summed E-state index contributed by atoms with van der Waals surface area (Å²) in [6, 6.07) is 15.8. The van der Waals surface area contributed by atoms with E-state index >= 15 is 0 Å². The molecule has 1 aliphatic rings. The van der Waals surface area contributed by atoms with Crippen molar-refractivity contribution in [1.29, 1.82) is 5.26 Å². The highest BCUT2D eigenvalue weighted by Crippen LogP contribution is 2.38. The van der Waals surface area contributed by atoms with Crippen LogP contribution >= 0.6 is 0 Å². The van der Waals surface area contributed by atoms with E-state index in [4.69, 9.17) is 10.00 Å². The quantitative estimate of drug-likeness (QED) is 0.681. The number of aromatic nitrogens is 1. The van der Waals surface area contributed by atoms with Gasteiger partial charge in [-0.3, -0.25) is 9.29 Å². The van der Waals surface area contributed by atoms with Crippen LogP contribution in [0.3, 0.4) is 0 Å². The molecule has 0 aliphatic carbocycles. The van der Waals surface area contributed by atoms with Gasteiger partial charge in [0.05, 0.1) is 35.5 Å². The van der Waals surface area contributed by atoms with E-state index in [1.54, 1.807) is 42.7 Å². The fourth-order valence-electron chi connectivity index (χ4n) is 3.40. The molecule has 0 saturated carbocycles. The first-order chi connectivity index (χ1) is 13.5. The Balaban J connectivity index is 1.76. The maximum absolute atomic E-state index is 13.2. The Labute approximate surface area is 163 Å². The van der Waals surface area contributed by atoms with Crippen LogP contribution in [-0.4, -0.2) is 27.1 Å². The van der Waals surface area contributed by atoms with Crippen molar-refractivity contribution in [2.24, 2.45) is 0 Å².